The molecule has 4 aliphatic rings. The molecule has 3 N–H and O–H groups in total. The molecule has 8 atom stereocenters. The van der Waals surface area contributed by atoms with Gasteiger partial charge in [0.2, 0.25) is 0 Å². The molecule has 4 heteroatoms. The number of hydrogen-bond donors (Lipinski definition) is 2. The van der Waals surface area contributed by atoms with Gasteiger partial charge in [-0.25, -0.2) is 0 Å². The quantitative estimate of drug-likeness (QED) is 0.350. The van der Waals surface area contributed by atoms with Gasteiger partial charge in [-0.05, 0) is 117 Å². The van der Waals surface area contributed by atoms with Crippen LogP contribution in [0.3, 0.4) is 0 Å². The number of rotatable bonds is 6. The first-order valence-electron chi connectivity index (χ1n) is 12.6. The molecular weight excluding hydrogens is 372 g/mol. The van der Waals surface area contributed by atoms with Crippen LogP contribution in [0.5, 0.6) is 0 Å². The van der Waals surface area contributed by atoms with Crippen LogP contribution in [0.15, 0.2) is 16.8 Å². The SMILES string of the molecule is CC(/C=N/OCCCN)=C\C1C[C@H](O)C[C@H]2CC[C@H]3[C@@H]4CCC[C@@]4(C)CC[C@@H]3[C@@]12C. The average molecular weight is 417 g/mol. The summed E-state index contributed by atoms with van der Waals surface area (Å²) in [6.45, 7) is 8.51. The number of nitrogens with two attached hydrogens (primary N) is 1. The first-order chi connectivity index (χ1) is 14.4. The Morgan fingerprint density at radius 3 is 2.77 bits per heavy atom. The average Bonchev–Trinajstić information content (AvgIpc) is 3.10. The molecule has 30 heavy (non-hydrogen) atoms. The summed E-state index contributed by atoms with van der Waals surface area (Å²) in [6.07, 6.45) is 16.7. The zero-order chi connectivity index (χ0) is 21.4. The number of nitrogens with zero attached hydrogens (tertiary/aromatic N) is 1. The molecule has 0 aliphatic heterocycles. The van der Waals surface area contributed by atoms with Gasteiger partial charge in [-0.1, -0.05) is 31.5 Å². The van der Waals surface area contributed by atoms with Crippen molar-refractivity contribution in [3.8, 4) is 0 Å². The molecule has 0 aromatic heterocycles. The van der Waals surface area contributed by atoms with Crippen LogP contribution in [0, 0.1) is 40.4 Å². The lowest BCUT2D eigenvalue weighted by molar-refractivity contribution is -0.141. The Morgan fingerprint density at radius 1 is 1.13 bits per heavy atom. The monoisotopic (exact) mass is 416 g/mol. The molecule has 0 bridgehead atoms. The van der Waals surface area contributed by atoms with Gasteiger partial charge in [0.25, 0.3) is 0 Å². The molecule has 0 spiro atoms. The van der Waals surface area contributed by atoms with E-state index in [1.165, 1.54) is 44.9 Å². The van der Waals surface area contributed by atoms with E-state index < -0.39 is 0 Å². The van der Waals surface area contributed by atoms with E-state index >= 15 is 0 Å². The Hall–Kier alpha value is -0.870. The van der Waals surface area contributed by atoms with Crippen molar-refractivity contribution >= 4 is 6.21 Å². The summed E-state index contributed by atoms with van der Waals surface area (Å²) < 4.78 is 0. The summed E-state index contributed by atoms with van der Waals surface area (Å²) in [7, 11) is 0. The maximum absolute atomic E-state index is 10.7. The second kappa shape index (κ2) is 8.94. The van der Waals surface area contributed by atoms with Gasteiger partial charge in [0, 0.05) is 0 Å². The summed E-state index contributed by atoms with van der Waals surface area (Å²) in [5, 5.41) is 14.8. The van der Waals surface area contributed by atoms with Gasteiger partial charge in [0.05, 0.1) is 12.3 Å². The zero-order valence-corrected chi connectivity index (χ0v) is 19.5. The topological polar surface area (TPSA) is 67.8 Å². The first kappa shape index (κ1) is 22.3. The van der Waals surface area contributed by atoms with Crippen molar-refractivity contribution in [1.29, 1.82) is 0 Å². The highest BCUT2D eigenvalue weighted by atomic mass is 16.6. The number of oxime groups is 1. The van der Waals surface area contributed by atoms with Gasteiger partial charge >= 0.3 is 0 Å². The lowest BCUT2D eigenvalue weighted by Gasteiger charge is -2.62. The van der Waals surface area contributed by atoms with Crippen LogP contribution in [0.1, 0.15) is 85.0 Å². The van der Waals surface area contributed by atoms with Crippen molar-refractivity contribution < 1.29 is 9.94 Å². The third kappa shape index (κ3) is 3.99. The van der Waals surface area contributed by atoms with Crippen molar-refractivity contribution in [3.63, 3.8) is 0 Å². The third-order valence-corrected chi connectivity index (χ3v) is 9.86. The molecule has 4 rings (SSSR count). The summed E-state index contributed by atoms with van der Waals surface area (Å²) in [5.41, 5.74) is 7.58. The number of aliphatic hydroxyl groups excluding tert-OH is 1. The van der Waals surface area contributed by atoms with Crippen LogP contribution in [0.4, 0.5) is 0 Å². The van der Waals surface area contributed by atoms with Crippen molar-refractivity contribution in [1.82, 2.24) is 0 Å². The standard InChI is InChI=1S/C26H44N2O2/c1-18(17-28-30-13-5-12-27)14-20-16-21(29)15-19-7-8-22-23-6-4-10-25(23,2)11-9-24(22)26(19,20)3/h14,17,19-24,29H,4-13,15-16,27H2,1-3H3/b18-14+,28-17+/t19-,20?,21-,22+,23+,24+,25+,26-/m1/s1. The van der Waals surface area contributed by atoms with Gasteiger partial charge in [-0.15, -0.1) is 0 Å². The molecule has 1 unspecified atom stereocenters. The van der Waals surface area contributed by atoms with E-state index in [2.05, 4.69) is 32.0 Å². The molecule has 0 aromatic carbocycles. The first-order valence-corrected chi connectivity index (χ1v) is 12.6. The number of hydrogen-bond acceptors (Lipinski definition) is 4. The van der Waals surface area contributed by atoms with E-state index in [4.69, 9.17) is 10.6 Å². The lowest BCUT2D eigenvalue weighted by atomic mass is 9.42. The van der Waals surface area contributed by atoms with Crippen molar-refractivity contribution in [3.05, 3.63) is 11.6 Å². The van der Waals surface area contributed by atoms with E-state index in [9.17, 15) is 5.11 Å². The fraction of sp³-hybridized carbons (Fsp3) is 0.885. The number of fused-ring (bicyclic) bond motifs is 5. The Labute approximate surface area is 183 Å². The minimum absolute atomic E-state index is 0.160. The molecule has 0 radical (unpaired) electrons. The van der Waals surface area contributed by atoms with Crippen LogP contribution in [-0.2, 0) is 4.84 Å². The van der Waals surface area contributed by atoms with E-state index in [0.29, 0.717) is 35.8 Å². The Balaban J connectivity index is 1.55. The fourth-order valence-corrected chi connectivity index (χ4v) is 8.31. The lowest BCUT2D eigenvalue weighted by Crippen LogP contribution is -2.56. The fourth-order valence-electron chi connectivity index (χ4n) is 8.31. The Kier molecular flexibility index (Phi) is 6.65. The van der Waals surface area contributed by atoms with Crippen molar-refractivity contribution in [2.45, 2.75) is 91.1 Å². The molecule has 0 saturated heterocycles. The van der Waals surface area contributed by atoms with E-state index in [0.717, 1.165) is 42.6 Å². The predicted molar refractivity (Wildman–Crippen MR) is 123 cm³/mol. The molecule has 4 aliphatic carbocycles. The normalized spacial score (nSPS) is 46.4. The molecular formula is C26H44N2O2. The minimum Gasteiger partial charge on any atom is -0.396 e. The molecule has 0 aromatic rings. The largest absolute Gasteiger partial charge is 0.396 e. The summed E-state index contributed by atoms with van der Waals surface area (Å²) in [4.78, 5) is 5.33. The summed E-state index contributed by atoms with van der Waals surface area (Å²) in [5.74, 6) is 3.73. The number of aliphatic hydroxyl groups is 1. The summed E-state index contributed by atoms with van der Waals surface area (Å²) >= 11 is 0. The maximum atomic E-state index is 10.7. The zero-order valence-electron chi connectivity index (χ0n) is 19.5. The Bertz CT molecular complexity index is 661. The van der Waals surface area contributed by atoms with Gasteiger partial charge < -0.3 is 15.7 Å². The highest BCUT2D eigenvalue weighted by molar-refractivity contribution is 5.77. The Morgan fingerprint density at radius 2 is 1.97 bits per heavy atom. The van der Waals surface area contributed by atoms with Crippen LogP contribution in [0.25, 0.3) is 0 Å². The molecule has 4 saturated carbocycles. The van der Waals surface area contributed by atoms with Gasteiger partial charge in [-0.3, -0.25) is 0 Å². The second-order valence-corrected chi connectivity index (χ2v) is 11.5. The van der Waals surface area contributed by atoms with E-state index in [1.54, 1.807) is 0 Å². The molecule has 0 heterocycles. The minimum atomic E-state index is -0.160. The second-order valence-electron chi connectivity index (χ2n) is 11.5. The maximum Gasteiger partial charge on any atom is 0.118 e. The van der Waals surface area contributed by atoms with Crippen LogP contribution in [0.2, 0.25) is 0 Å². The van der Waals surface area contributed by atoms with Crippen molar-refractivity contribution in [2.75, 3.05) is 13.2 Å². The van der Waals surface area contributed by atoms with Crippen LogP contribution >= 0.6 is 0 Å². The van der Waals surface area contributed by atoms with Crippen LogP contribution in [-0.4, -0.2) is 30.6 Å². The third-order valence-electron chi connectivity index (χ3n) is 9.86. The van der Waals surface area contributed by atoms with Crippen LogP contribution < -0.4 is 5.73 Å². The number of allylic oxidation sites excluding steroid dienone is 2. The van der Waals surface area contributed by atoms with Crippen molar-refractivity contribution in [2.24, 2.45) is 51.3 Å². The van der Waals surface area contributed by atoms with Gasteiger partial charge in [0.1, 0.15) is 6.61 Å². The van der Waals surface area contributed by atoms with E-state index in [1.807, 2.05) is 6.21 Å². The highest BCUT2D eigenvalue weighted by Crippen LogP contribution is 2.67. The smallest absolute Gasteiger partial charge is 0.118 e. The van der Waals surface area contributed by atoms with Gasteiger partial charge in [0.15, 0.2) is 0 Å². The highest BCUT2D eigenvalue weighted by Gasteiger charge is 2.60. The van der Waals surface area contributed by atoms with E-state index in [-0.39, 0.29) is 6.10 Å². The molecule has 170 valence electrons. The van der Waals surface area contributed by atoms with Gasteiger partial charge in [-0.2, -0.15) is 0 Å². The summed E-state index contributed by atoms with van der Waals surface area (Å²) in [6, 6.07) is 0. The molecule has 4 nitrogen and oxygen atoms in total. The molecule has 0 amide bonds. The predicted octanol–water partition coefficient (Wildman–Crippen LogP) is 5.30. The molecule has 4 fully saturated rings.